The molecule has 0 spiro atoms. The molecule has 0 aromatic rings. The van der Waals surface area contributed by atoms with E-state index < -0.39 is 10.2 Å². The van der Waals surface area contributed by atoms with Crippen LogP contribution in [0.4, 0.5) is 0 Å². The lowest BCUT2D eigenvalue weighted by molar-refractivity contribution is 0.227. The lowest BCUT2D eigenvalue weighted by Crippen LogP contribution is -2.54. The molecule has 1 saturated carbocycles. The van der Waals surface area contributed by atoms with Crippen LogP contribution in [0.15, 0.2) is 0 Å². The first kappa shape index (κ1) is 16.1. The molecule has 1 N–H and O–H groups in total. The van der Waals surface area contributed by atoms with Crippen molar-refractivity contribution in [3.05, 3.63) is 0 Å². The molecule has 0 bridgehead atoms. The fourth-order valence-electron chi connectivity index (χ4n) is 3.17. The Hall–Kier alpha value is 0.180. The van der Waals surface area contributed by atoms with Crippen LogP contribution in [-0.4, -0.2) is 66.8 Å². The standard InChI is InChI=1S/C14H27N3O2S2/c18-21(19,16-7-3-10-20-11-9-16)17-8-2-1-4-14(17)12-15-13-5-6-13/h13-15H,1-12H2. The number of nitrogens with zero attached hydrogens (tertiary/aromatic N) is 2. The average molecular weight is 334 g/mol. The molecule has 21 heavy (non-hydrogen) atoms. The van der Waals surface area contributed by atoms with E-state index in [2.05, 4.69) is 5.32 Å². The van der Waals surface area contributed by atoms with Gasteiger partial charge in [-0.2, -0.15) is 28.8 Å². The number of nitrogens with one attached hydrogen (secondary N) is 1. The molecule has 2 saturated heterocycles. The molecule has 3 aliphatic rings. The van der Waals surface area contributed by atoms with Gasteiger partial charge in [-0.05, 0) is 37.9 Å². The molecule has 2 heterocycles. The lowest BCUT2D eigenvalue weighted by Gasteiger charge is -2.38. The summed E-state index contributed by atoms with van der Waals surface area (Å²) in [5.74, 6) is 2.01. The average Bonchev–Trinajstić information content (AvgIpc) is 3.32. The minimum absolute atomic E-state index is 0.153. The van der Waals surface area contributed by atoms with Gasteiger partial charge in [-0.15, -0.1) is 0 Å². The maximum atomic E-state index is 13.0. The van der Waals surface area contributed by atoms with Crippen molar-refractivity contribution in [1.29, 1.82) is 0 Å². The summed E-state index contributed by atoms with van der Waals surface area (Å²) in [7, 11) is -3.27. The fraction of sp³-hybridized carbons (Fsp3) is 1.00. The summed E-state index contributed by atoms with van der Waals surface area (Å²) in [6.45, 7) is 2.89. The zero-order valence-electron chi connectivity index (χ0n) is 12.7. The van der Waals surface area contributed by atoms with Gasteiger partial charge < -0.3 is 5.32 Å². The third-order valence-corrected chi connectivity index (χ3v) is 7.74. The first-order valence-electron chi connectivity index (χ1n) is 8.26. The van der Waals surface area contributed by atoms with Crippen molar-refractivity contribution in [2.24, 2.45) is 0 Å². The van der Waals surface area contributed by atoms with Gasteiger partial charge in [0.2, 0.25) is 0 Å². The Morgan fingerprint density at radius 2 is 1.86 bits per heavy atom. The van der Waals surface area contributed by atoms with Crippen LogP contribution in [0.25, 0.3) is 0 Å². The highest BCUT2D eigenvalue weighted by Crippen LogP contribution is 2.25. The molecule has 1 unspecified atom stereocenters. The Morgan fingerprint density at radius 1 is 1.00 bits per heavy atom. The summed E-state index contributed by atoms with van der Waals surface area (Å²) < 4.78 is 29.5. The van der Waals surface area contributed by atoms with Crippen molar-refractivity contribution in [3.63, 3.8) is 0 Å². The van der Waals surface area contributed by atoms with Gasteiger partial charge in [0.25, 0.3) is 10.2 Å². The Labute approximate surface area is 133 Å². The molecule has 7 heteroatoms. The van der Waals surface area contributed by atoms with E-state index in [1.807, 2.05) is 11.8 Å². The van der Waals surface area contributed by atoms with Crippen LogP contribution < -0.4 is 5.32 Å². The number of piperidine rings is 1. The van der Waals surface area contributed by atoms with Gasteiger partial charge in [0.05, 0.1) is 0 Å². The summed E-state index contributed by atoms with van der Waals surface area (Å²) in [5, 5.41) is 3.51. The highest BCUT2D eigenvalue weighted by Gasteiger charge is 2.37. The van der Waals surface area contributed by atoms with Gasteiger partial charge in [-0.3, -0.25) is 0 Å². The normalized spacial score (nSPS) is 30.2. The molecule has 1 atom stereocenters. The monoisotopic (exact) mass is 333 g/mol. The van der Waals surface area contributed by atoms with Crippen LogP contribution in [0.2, 0.25) is 0 Å². The minimum Gasteiger partial charge on any atom is -0.312 e. The molecular formula is C14H27N3O2S2. The molecule has 5 nitrogen and oxygen atoms in total. The number of hydrogen-bond acceptors (Lipinski definition) is 4. The van der Waals surface area contributed by atoms with Gasteiger partial charge in [-0.1, -0.05) is 6.42 Å². The van der Waals surface area contributed by atoms with Crippen molar-refractivity contribution in [2.75, 3.05) is 37.7 Å². The van der Waals surface area contributed by atoms with Crippen molar-refractivity contribution < 1.29 is 8.42 Å². The second-order valence-electron chi connectivity index (χ2n) is 6.32. The molecule has 0 aromatic heterocycles. The summed E-state index contributed by atoms with van der Waals surface area (Å²) in [6, 6.07) is 0.798. The minimum atomic E-state index is -3.27. The molecule has 0 radical (unpaired) electrons. The fourth-order valence-corrected chi connectivity index (χ4v) is 6.07. The topological polar surface area (TPSA) is 52.7 Å². The van der Waals surface area contributed by atoms with E-state index in [0.717, 1.165) is 43.7 Å². The van der Waals surface area contributed by atoms with Gasteiger partial charge in [-0.25, -0.2) is 0 Å². The van der Waals surface area contributed by atoms with Crippen LogP contribution in [-0.2, 0) is 10.2 Å². The largest absolute Gasteiger partial charge is 0.312 e. The van der Waals surface area contributed by atoms with Crippen molar-refractivity contribution in [3.8, 4) is 0 Å². The number of thioether (sulfide) groups is 1. The van der Waals surface area contributed by atoms with Crippen LogP contribution in [0.3, 0.4) is 0 Å². The van der Waals surface area contributed by atoms with Gasteiger partial charge >= 0.3 is 0 Å². The molecule has 0 amide bonds. The van der Waals surface area contributed by atoms with E-state index in [0.29, 0.717) is 25.7 Å². The predicted octanol–water partition coefficient (Wildman–Crippen LogP) is 1.28. The highest BCUT2D eigenvalue weighted by atomic mass is 32.2. The maximum Gasteiger partial charge on any atom is 0.282 e. The van der Waals surface area contributed by atoms with Crippen LogP contribution in [0.5, 0.6) is 0 Å². The third-order valence-electron chi connectivity index (χ3n) is 4.60. The Balaban J connectivity index is 1.67. The van der Waals surface area contributed by atoms with E-state index in [1.54, 1.807) is 8.61 Å². The van der Waals surface area contributed by atoms with Crippen LogP contribution in [0, 0.1) is 0 Å². The third kappa shape index (κ3) is 4.13. The van der Waals surface area contributed by atoms with Crippen molar-refractivity contribution in [1.82, 2.24) is 13.9 Å². The molecule has 1 aliphatic carbocycles. The summed E-state index contributed by atoms with van der Waals surface area (Å²) in [5.41, 5.74) is 0. The zero-order chi connectivity index (χ0) is 14.7. The summed E-state index contributed by atoms with van der Waals surface area (Å²) in [4.78, 5) is 0. The van der Waals surface area contributed by atoms with E-state index in [-0.39, 0.29) is 6.04 Å². The van der Waals surface area contributed by atoms with E-state index in [1.165, 1.54) is 12.8 Å². The van der Waals surface area contributed by atoms with Crippen LogP contribution in [0.1, 0.15) is 38.5 Å². The van der Waals surface area contributed by atoms with Crippen LogP contribution >= 0.6 is 11.8 Å². The molecule has 3 fully saturated rings. The summed E-state index contributed by atoms with van der Waals surface area (Å²) >= 11 is 1.87. The van der Waals surface area contributed by atoms with Gasteiger partial charge in [0, 0.05) is 44.0 Å². The quantitative estimate of drug-likeness (QED) is 0.823. The maximum absolute atomic E-state index is 13.0. The first-order valence-corrected chi connectivity index (χ1v) is 10.8. The molecule has 3 rings (SSSR count). The Kier molecular flexibility index (Phi) is 5.48. The number of hydrogen-bond donors (Lipinski definition) is 1. The van der Waals surface area contributed by atoms with Gasteiger partial charge in [0.15, 0.2) is 0 Å². The second kappa shape index (κ2) is 7.17. The van der Waals surface area contributed by atoms with E-state index in [4.69, 9.17) is 0 Å². The molecule has 2 aliphatic heterocycles. The zero-order valence-corrected chi connectivity index (χ0v) is 14.3. The van der Waals surface area contributed by atoms with E-state index in [9.17, 15) is 8.42 Å². The smallest absolute Gasteiger partial charge is 0.282 e. The van der Waals surface area contributed by atoms with Gasteiger partial charge in [0.1, 0.15) is 0 Å². The number of rotatable bonds is 5. The predicted molar refractivity (Wildman–Crippen MR) is 87.8 cm³/mol. The lowest BCUT2D eigenvalue weighted by atomic mass is 10.1. The van der Waals surface area contributed by atoms with E-state index >= 15 is 0 Å². The van der Waals surface area contributed by atoms with Crippen molar-refractivity contribution >= 4 is 22.0 Å². The highest BCUT2D eigenvalue weighted by molar-refractivity contribution is 7.99. The molecule has 0 aromatic carbocycles. The second-order valence-corrected chi connectivity index (χ2v) is 9.42. The first-order chi connectivity index (χ1) is 10.2. The molecular weight excluding hydrogens is 306 g/mol. The van der Waals surface area contributed by atoms with Crippen molar-refractivity contribution in [2.45, 2.75) is 50.6 Å². The molecule has 122 valence electrons. The SMILES string of the molecule is O=S(=O)(N1CCCSCC1)N1CCCCC1CNC1CC1. The summed E-state index contributed by atoms with van der Waals surface area (Å²) in [6.07, 6.45) is 6.64. The Bertz CT molecular complexity index is 432. The Morgan fingerprint density at radius 3 is 2.67 bits per heavy atom.